The first-order chi connectivity index (χ1) is 15.3. The van der Waals surface area contributed by atoms with E-state index in [-0.39, 0.29) is 29.5 Å². The van der Waals surface area contributed by atoms with Gasteiger partial charge in [-0.1, -0.05) is 0 Å². The summed E-state index contributed by atoms with van der Waals surface area (Å²) in [5.41, 5.74) is 8.20. The zero-order valence-electron chi connectivity index (χ0n) is 17.7. The molecule has 1 amide bonds. The molecule has 4 rings (SSSR count). The zero-order valence-corrected chi connectivity index (χ0v) is 17.7. The Hall–Kier alpha value is -3.49. The van der Waals surface area contributed by atoms with Gasteiger partial charge in [0.15, 0.2) is 23.8 Å². The largest absolute Gasteiger partial charge is 0.387 e. The van der Waals surface area contributed by atoms with Crippen LogP contribution in [-0.2, 0) is 23.1 Å². The first kappa shape index (κ1) is 21.7. The van der Waals surface area contributed by atoms with Gasteiger partial charge in [0.1, 0.15) is 24.3 Å². The predicted molar refractivity (Wildman–Crippen MR) is 111 cm³/mol. The standard InChI is InChI=1S/C18H24N10O4/c1-4-20-16(31)13-11(29)12(30)17(32-13)28-7-21-10-14(19)23-18(24-15(10)28)25-22-6-9-5-8(2)26-27(9)3/h5,7,11-13,17,29-30H,4,6H2,1-3H3,(H,20,31)(H2,19,23,24)/t11-,12+,13-,17+/m0/s1. The summed E-state index contributed by atoms with van der Waals surface area (Å²) < 4.78 is 8.72. The summed E-state index contributed by atoms with van der Waals surface area (Å²) in [5.74, 6) is -0.476. The number of anilines is 1. The van der Waals surface area contributed by atoms with E-state index in [2.05, 4.69) is 35.6 Å². The third-order valence-corrected chi connectivity index (χ3v) is 5.05. The van der Waals surface area contributed by atoms with Crippen molar-refractivity contribution in [3.05, 3.63) is 23.8 Å². The van der Waals surface area contributed by atoms with Crippen LogP contribution in [0.3, 0.4) is 0 Å². The highest BCUT2D eigenvalue weighted by atomic mass is 16.6. The van der Waals surface area contributed by atoms with Crippen LogP contribution in [-0.4, -0.2) is 70.3 Å². The molecule has 0 spiro atoms. The molecule has 1 aliphatic rings. The Morgan fingerprint density at radius 3 is 2.81 bits per heavy atom. The van der Waals surface area contributed by atoms with Gasteiger partial charge in [-0.2, -0.15) is 20.2 Å². The van der Waals surface area contributed by atoms with Crippen LogP contribution < -0.4 is 11.1 Å². The molecular formula is C18H24N10O4. The molecule has 3 aromatic heterocycles. The van der Waals surface area contributed by atoms with E-state index in [0.717, 1.165) is 11.4 Å². The molecule has 1 aliphatic heterocycles. The molecule has 0 unspecified atom stereocenters. The summed E-state index contributed by atoms with van der Waals surface area (Å²) in [6, 6.07) is 1.89. The molecule has 4 atom stereocenters. The molecule has 4 heterocycles. The monoisotopic (exact) mass is 444 g/mol. The lowest BCUT2D eigenvalue weighted by atomic mass is 10.1. The normalized spacial score (nSPS) is 23.4. The SMILES string of the molecule is CCNC(=O)[C@H]1O[C@@H](n2cnc3c(N)nc(N=NCc4cc(C)nn4C)nc32)[C@H](O)[C@@H]1O. The van der Waals surface area contributed by atoms with Gasteiger partial charge in [-0.15, -0.1) is 5.11 Å². The van der Waals surface area contributed by atoms with E-state index in [1.165, 1.54) is 10.9 Å². The quantitative estimate of drug-likeness (QED) is 0.362. The van der Waals surface area contributed by atoms with Gasteiger partial charge in [0, 0.05) is 13.6 Å². The summed E-state index contributed by atoms with van der Waals surface area (Å²) >= 11 is 0. The van der Waals surface area contributed by atoms with E-state index in [4.69, 9.17) is 10.5 Å². The summed E-state index contributed by atoms with van der Waals surface area (Å²) in [4.78, 5) is 24.7. The molecule has 32 heavy (non-hydrogen) atoms. The number of azo groups is 1. The van der Waals surface area contributed by atoms with Crippen molar-refractivity contribution in [1.82, 2.24) is 34.6 Å². The third kappa shape index (κ3) is 3.90. The molecule has 1 fully saturated rings. The maximum Gasteiger partial charge on any atom is 0.272 e. The maximum atomic E-state index is 12.1. The van der Waals surface area contributed by atoms with Crippen molar-refractivity contribution in [2.45, 2.75) is 44.9 Å². The highest BCUT2D eigenvalue weighted by Crippen LogP contribution is 2.32. The predicted octanol–water partition coefficient (Wildman–Crippen LogP) is -0.510. The number of rotatable bonds is 6. The number of carbonyl (C=O) groups excluding carboxylic acids is 1. The molecular weight excluding hydrogens is 420 g/mol. The number of amides is 1. The smallest absolute Gasteiger partial charge is 0.272 e. The minimum absolute atomic E-state index is 0.0102. The van der Waals surface area contributed by atoms with Gasteiger partial charge in [0.25, 0.3) is 11.9 Å². The zero-order chi connectivity index (χ0) is 23.0. The number of nitrogens with zero attached hydrogens (tertiary/aromatic N) is 8. The number of aryl methyl sites for hydroxylation is 2. The molecule has 0 radical (unpaired) electrons. The number of imidazole rings is 1. The summed E-state index contributed by atoms with van der Waals surface area (Å²) in [6.45, 7) is 4.24. The summed E-state index contributed by atoms with van der Waals surface area (Å²) in [7, 11) is 1.81. The lowest BCUT2D eigenvalue weighted by Gasteiger charge is -2.16. The fraction of sp³-hybridized carbons (Fsp3) is 0.500. The van der Waals surface area contributed by atoms with Gasteiger partial charge in [0.2, 0.25) is 0 Å². The number of hydrogen-bond acceptors (Lipinski definition) is 11. The first-order valence-corrected chi connectivity index (χ1v) is 9.96. The Bertz CT molecular complexity index is 1170. The van der Waals surface area contributed by atoms with Gasteiger partial charge >= 0.3 is 0 Å². The van der Waals surface area contributed by atoms with Crippen molar-refractivity contribution in [1.29, 1.82) is 0 Å². The minimum atomic E-state index is -1.43. The molecule has 0 aromatic carbocycles. The van der Waals surface area contributed by atoms with E-state index >= 15 is 0 Å². The van der Waals surface area contributed by atoms with Gasteiger partial charge in [0.05, 0.1) is 17.7 Å². The molecule has 3 aromatic rings. The van der Waals surface area contributed by atoms with Crippen LogP contribution >= 0.6 is 0 Å². The Labute approximate surface area is 182 Å². The lowest BCUT2D eigenvalue weighted by Crippen LogP contribution is -2.42. The molecule has 0 bridgehead atoms. The van der Waals surface area contributed by atoms with E-state index in [1.807, 2.05) is 20.0 Å². The van der Waals surface area contributed by atoms with Gasteiger partial charge in [-0.05, 0) is 19.9 Å². The number of hydrogen-bond donors (Lipinski definition) is 4. The van der Waals surface area contributed by atoms with Crippen LogP contribution in [0.15, 0.2) is 22.6 Å². The van der Waals surface area contributed by atoms with E-state index in [9.17, 15) is 15.0 Å². The average molecular weight is 444 g/mol. The van der Waals surface area contributed by atoms with Crippen molar-refractivity contribution in [3.63, 3.8) is 0 Å². The second-order valence-corrected chi connectivity index (χ2v) is 7.36. The number of aromatic nitrogens is 6. The number of nitrogens with two attached hydrogens (primary N) is 1. The molecule has 0 saturated carbocycles. The Kier molecular flexibility index (Phi) is 5.82. The Balaban J connectivity index is 1.61. The summed E-state index contributed by atoms with van der Waals surface area (Å²) in [5, 5.41) is 35.7. The number of likely N-dealkylation sites (N-methyl/N-ethyl adjacent to an activating group) is 1. The number of aliphatic hydroxyl groups is 2. The topological polar surface area (TPSA) is 191 Å². The van der Waals surface area contributed by atoms with Gasteiger partial charge in [-0.25, -0.2) is 4.98 Å². The third-order valence-electron chi connectivity index (χ3n) is 5.05. The van der Waals surface area contributed by atoms with Gasteiger partial charge in [-0.3, -0.25) is 14.0 Å². The number of aliphatic hydroxyl groups excluding tert-OH is 2. The second-order valence-electron chi connectivity index (χ2n) is 7.36. The van der Waals surface area contributed by atoms with Crippen molar-refractivity contribution in [2.24, 2.45) is 17.3 Å². The maximum absolute atomic E-state index is 12.1. The number of carbonyl (C=O) groups is 1. The Morgan fingerprint density at radius 1 is 1.34 bits per heavy atom. The number of nitrogens with one attached hydrogen (secondary N) is 1. The van der Waals surface area contributed by atoms with Crippen LogP contribution in [0.5, 0.6) is 0 Å². The summed E-state index contributed by atoms with van der Waals surface area (Å²) in [6.07, 6.45) is -3.83. The average Bonchev–Trinajstić information content (AvgIpc) is 3.39. The molecule has 5 N–H and O–H groups in total. The Morgan fingerprint density at radius 2 is 2.12 bits per heavy atom. The first-order valence-electron chi connectivity index (χ1n) is 9.96. The van der Waals surface area contributed by atoms with Crippen LogP contribution in [0.25, 0.3) is 11.2 Å². The number of nitrogen functional groups attached to an aromatic ring is 1. The van der Waals surface area contributed by atoms with Gasteiger partial charge < -0.3 is 26.0 Å². The fourth-order valence-electron chi connectivity index (χ4n) is 3.52. The van der Waals surface area contributed by atoms with Crippen LogP contribution in [0.2, 0.25) is 0 Å². The number of ether oxygens (including phenoxy) is 1. The highest BCUT2D eigenvalue weighted by molar-refractivity contribution is 5.83. The molecule has 14 heteroatoms. The number of fused-ring (bicyclic) bond motifs is 1. The lowest BCUT2D eigenvalue weighted by molar-refractivity contribution is -0.137. The molecule has 1 saturated heterocycles. The molecule has 170 valence electrons. The molecule has 0 aliphatic carbocycles. The van der Waals surface area contributed by atoms with E-state index in [1.54, 1.807) is 11.6 Å². The van der Waals surface area contributed by atoms with Crippen molar-refractivity contribution in [2.75, 3.05) is 12.3 Å². The van der Waals surface area contributed by atoms with Crippen LogP contribution in [0, 0.1) is 6.92 Å². The van der Waals surface area contributed by atoms with Crippen molar-refractivity contribution in [3.8, 4) is 0 Å². The van der Waals surface area contributed by atoms with Crippen molar-refractivity contribution < 1.29 is 19.7 Å². The van der Waals surface area contributed by atoms with E-state index in [0.29, 0.717) is 6.54 Å². The minimum Gasteiger partial charge on any atom is -0.387 e. The van der Waals surface area contributed by atoms with Crippen LogP contribution in [0.1, 0.15) is 24.5 Å². The fourth-order valence-corrected chi connectivity index (χ4v) is 3.52. The molecule has 14 nitrogen and oxygen atoms in total. The van der Waals surface area contributed by atoms with E-state index < -0.39 is 30.4 Å². The second kappa shape index (κ2) is 8.57. The van der Waals surface area contributed by atoms with Crippen molar-refractivity contribution >= 4 is 28.8 Å². The highest BCUT2D eigenvalue weighted by Gasteiger charge is 2.47. The van der Waals surface area contributed by atoms with Crippen LogP contribution in [0.4, 0.5) is 11.8 Å².